The maximum Gasteiger partial charge on any atom is 0.344 e. The van der Waals surface area contributed by atoms with Crippen molar-refractivity contribution in [3.8, 4) is 0 Å². The molecular weight excluding hydrogens is 355 g/mol. The van der Waals surface area contributed by atoms with Crippen molar-refractivity contribution in [3.05, 3.63) is 76.4 Å². The number of pyridine rings is 1. The van der Waals surface area contributed by atoms with Gasteiger partial charge in [0, 0.05) is 12.4 Å². The van der Waals surface area contributed by atoms with Crippen molar-refractivity contribution in [1.82, 2.24) is 4.98 Å². The van der Waals surface area contributed by atoms with Gasteiger partial charge in [0.1, 0.15) is 22.2 Å². The van der Waals surface area contributed by atoms with Crippen LogP contribution in [0.4, 0.5) is 10.1 Å². The number of aliphatic hydroxyl groups excluding tert-OH is 1. The van der Waals surface area contributed by atoms with Crippen LogP contribution in [-0.2, 0) is 9.53 Å². The number of nitrogens with zero attached hydrogens (tertiary/aromatic N) is 2. The number of thioether (sulfide) groups is 1. The third-order valence-electron chi connectivity index (χ3n) is 3.39. The van der Waals surface area contributed by atoms with Gasteiger partial charge in [-0.15, -0.1) is 0 Å². The Morgan fingerprint density at radius 2 is 2.23 bits per heavy atom. The maximum atomic E-state index is 13.4. The molecule has 0 aliphatic carbocycles. The lowest BCUT2D eigenvalue weighted by Gasteiger charge is -2.03. The van der Waals surface area contributed by atoms with Crippen molar-refractivity contribution in [2.24, 2.45) is 4.99 Å². The summed E-state index contributed by atoms with van der Waals surface area (Å²) in [4.78, 5) is 21.0. The van der Waals surface area contributed by atoms with Gasteiger partial charge >= 0.3 is 5.97 Å². The van der Waals surface area contributed by atoms with Crippen molar-refractivity contribution in [3.63, 3.8) is 0 Å². The number of carbonyl (C=O) groups excluding carboxylic acids is 1. The molecule has 7 heteroatoms. The standard InChI is InChI=1S/C19H15FN2O3S/c1-2-25-19(24)16-17(23)15(9-12-5-4-8-21-11-12)26-18(16)22-14-7-3-6-13(20)10-14/h3-11,23H,2H2,1H3. The van der Waals surface area contributed by atoms with Crippen LogP contribution in [0, 0.1) is 5.82 Å². The number of rotatable bonds is 4. The van der Waals surface area contributed by atoms with Crippen LogP contribution in [0.1, 0.15) is 12.5 Å². The van der Waals surface area contributed by atoms with Gasteiger partial charge in [0.05, 0.1) is 17.2 Å². The van der Waals surface area contributed by atoms with E-state index < -0.39 is 11.8 Å². The van der Waals surface area contributed by atoms with Crippen LogP contribution in [0.15, 0.2) is 70.0 Å². The molecule has 1 aromatic carbocycles. The molecule has 0 saturated carbocycles. The Kier molecular flexibility index (Phi) is 5.48. The molecular formula is C19H15FN2O3S. The van der Waals surface area contributed by atoms with Crippen LogP contribution in [-0.4, -0.2) is 27.7 Å². The summed E-state index contributed by atoms with van der Waals surface area (Å²) < 4.78 is 18.4. The zero-order valence-corrected chi connectivity index (χ0v) is 14.7. The number of benzene rings is 1. The molecule has 26 heavy (non-hydrogen) atoms. The molecule has 2 aromatic rings. The zero-order chi connectivity index (χ0) is 18.5. The number of hydrogen-bond acceptors (Lipinski definition) is 6. The first-order valence-electron chi connectivity index (χ1n) is 7.83. The van der Waals surface area contributed by atoms with Gasteiger partial charge in [0.2, 0.25) is 0 Å². The molecule has 0 atom stereocenters. The molecule has 0 amide bonds. The Balaban J connectivity index is 2.04. The van der Waals surface area contributed by atoms with Crippen molar-refractivity contribution in [2.75, 3.05) is 6.61 Å². The minimum Gasteiger partial charge on any atom is -0.506 e. The fraction of sp³-hybridized carbons (Fsp3) is 0.105. The maximum absolute atomic E-state index is 13.4. The summed E-state index contributed by atoms with van der Waals surface area (Å²) in [6.45, 7) is 1.84. The van der Waals surface area contributed by atoms with Crippen LogP contribution in [0.5, 0.6) is 0 Å². The predicted octanol–water partition coefficient (Wildman–Crippen LogP) is 4.41. The Morgan fingerprint density at radius 1 is 1.38 bits per heavy atom. The first kappa shape index (κ1) is 17.9. The lowest BCUT2D eigenvalue weighted by Crippen LogP contribution is -2.12. The third kappa shape index (κ3) is 4.00. The number of ether oxygens (including phenoxy) is 1. The quantitative estimate of drug-likeness (QED) is 0.807. The van der Waals surface area contributed by atoms with Crippen LogP contribution in [0.2, 0.25) is 0 Å². The highest BCUT2D eigenvalue weighted by Gasteiger charge is 2.33. The number of aromatic nitrogens is 1. The molecule has 0 spiro atoms. The lowest BCUT2D eigenvalue weighted by atomic mass is 10.2. The van der Waals surface area contributed by atoms with Crippen LogP contribution in [0.25, 0.3) is 6.08 Å². The topological polar surface area (TPSA) is 71.8 Å². The van der Waals surface area contributed by atoms with E-state index in [9.17, 15) is 14.3 Å². The molecule has 1 aromatic heterocycles. The molecule has 0 fully saturated rings. The van der Waals surface area contributed by atoms with Gasteiger partial charge in [-0.05, 0) is 42.8 Å². The Bertz CT molecular complexity index is 923. The first-order chi connectivity index (χ1) is 12.6. The number of aliphatic imine (C=N–C) groups is 1. The molecule has 3 rings (SSSR count). The molecule has 1 aliphatic heterocycles. The number of halogens is 1. The molecule has 0 saturated heterocycles. The SMILES string of the molecule is CCOC(=O)C1=C(O)C(=Cc2cccnc2)SC1=Nc1cccc(F)c1. The normalized spacial score (nSPS) is 17.2. The zero-order valence-electron chi connectivity index (χ0n) is 13.8. The lowest BCUT2D eigenvalue weighted by molar-refractivity contribution is -0.138. The number of carbonyl (C=O) groups is 1. The van der Waals surface area contributed by atoms with E-state index in [1.165, 1.54) is 18.2 Å². The van der Waals surface area contributed by atoms with Crippen molar-refractivity contribution < 1.29 is 19.0 Å². The minimum absolute atomic E-state index is 0.0312. The fourth-order valence-electron chi connectivity index (χ4n) is 2.27. The average Bonchev–Trinajstić information content (AvgIpc) is 2.91. The monoisotopic (exact) mass is 370 g/mol. The molecule has 5 nitrogen and oxygen atoms in total. The van der Waals surface area contributed by atoms with Crippen molar-refractivity contribution in [2.45, 2.75) is 6.92 Å². The molecule has 1 N–H and O–H groups in total. The van der Waals surface area contributed by atoms with E-state index in [0.717, 1.165) is 17.3 Å². The Hall–Kier alpha value is -2.93. The molecule has 0 bridgehead atoms. The Labute approximate surface area is 153 Å². The van der Waals surface area contributed by atoms with E-state index in [2.05, 4.69) is 9.98 Å². The van der Waals surface area contributed by atoms with Crippen molar-refractivity contribution >= 4 is 34.5 Å². The predicted molar refractivity (Wildman–Crippen MR) is 99.6 cm³/mol. The van der Waals surface area contributed by atoms with Gasteiger partial charge < -0.3 is 9.84 Å². The number of esters is 1. The van der Waals surface area contributed by atoms with E-state index in [-0.39, 0.29) is 23.0 Å². The van der Waals surface area contributed by atoms with Gasteiger partial charge in [-0.1, -0.05) is 23.9 Å². The number of hydrogen-bond donors (Lipinski definition) is 1. The van der Waals surface area contributed by atoms with Gasteiger partial charge in [0.15, 0.2) is 0 Å². The van der Waals surface area contributed by atoms with Crippen LogP contribution < -0.4 is 0 Å². The smallest absolute Gasteiger partial charge is 0.344 e. The highest BCUT2D eigenvalue weighted by Crippen LogP contribution is 2.40. The second kappa shape index (κ2) is 7.97. The van der Waals surface area contributed by atoms with Gasteiger partial charge in [-0.3, -0.25) is 4.98 Å². The molecule has 0 unspecified atom stereocenters. The second-order valence-electron chi connectivity index (χ2n) is 5.24. The van der Waals surface area contributed by atoms with E-state index >= 15 is 0 Å². The van der Waals surface area contributed by atoms with E-state index in [1.807, 2.05) is 6.07 Å². The van der Waals surface area contributed by atoms with Gasteiger partial charge in [-0.2, -0.15) is 0 Å². The van der Waals surface area contributed by atoms with Crippen LogP contribution in [0.3, 0.4) is 0 Å². The molecule has 1 aliphatic rings. The summed E-state index contributed by atoms with van der Waals surface area (Å²) in [7, 11) is 0. The van der Waals surface area contributed by atoms with E-state index in [1.54, 1.807) is 37.5 Å². The highest BCUT2D eigenvalue weighted by atomic mass is 32.2. The van der Waals surface area contributed by atoms with Crippen molar-refractivity contribution in [1.29, 1.82) is 0 Å². The van der Waals surface area contributed by atoms with Gasteiger partial charge in [-0.25, -0.2) is 14.2 Å². The molecule has 0 radical (unpaired) electrons. The number of aliphatic hydroxyl groups is 1. The van der Waals surface area contributed by atoms with E-state index in [4.69, 9.17) is 4.74 Å². The minimum atomic E-state index is -0.678. The van der Waals surface area contributed by atoms with Gasteiger partial charge in [0.25, 0.3) is 0 Å². The summed E-state index contributed by atoms with van der Waals surface area (Å²) in [5.74, 6) is -1.33. The van der Waals surface area contributed by atoms with E-state index in [0.29, 0.717) is 10.6 Å². The van der Waals surface area contributed by atoms with Crippen LogP contribution >= 0.6 is 11.8 Å². The molecule has 2 heterocycles. The fourth-order valence-corrected chi connectivity index (χ4v) is 3.30. The summed E-state index contributed by atoms with van der Waals surface area (Å²) >= 11 is 1.11. The third-order valence-corrected chi connectivity index (χ3v) is 4.41. The summed E-state index contributed by atoms with van der Waals surface area (Å²) in [5.41, 5.74) is 1.07. The second-order valence-corrected chi connectivity index (χ2v) is 6.27. The Morgan fingerprint density at radius 3 is 2.92 bits per heavy atom. The summed E-state index contributed by atoms with van der Waals surface area (Å²) in [5, 5.41) is 10.8. The summed E-state index contributed by atoms with van der Waals surface area (Å²) in [6, 6.07) is 9.27. The molecule has 132 valence electrons. The highest BCUT2D eigenvalue weighted by molar-refractivity contribution is 8.18. The first-order valence-corrected chi connectivity index (χ1v) is 8.65. The summed E-state index contributed by atoms with van der Waals surface area (Å²) in [6.07, 6.45) is 4.97. The average molecular weight is 370 g/mol. The largest absolute Gasteiger partial charge is 0.506 e.